The molecule has 30 heavy (non-hydrogen) atoms. The topological polar surface area (TPSA) is 117 Å². The van der Waals surface area contributed by atoms with Crippen LogP contribution in [0.15, 0.2) is 48.5 Å². The van der Waals surface area contributed by atoms with Crippen molar-refractivity contribution < 1.29 is 29.3 Å². The minimum Gasteiger partial charge on any atom is -0.484 e. The molecule has 2 amide bonds. The Balaban J connectivity index is 1.79. The SMILES string of the molecule is O=C(COc1ccc(/C=C/c2ccc(OCC(=O)NCCO)cc2)cc1)NCCO. The molecule has 0 unspecified atom stereocenters. The number of hydrogen-bond donors (Lipinski definition) is 4. The van der Waals surface area contributed by atoms with Crippen LogP contribution in [-0.4, -0.2) is 61.5 Å². The van der Waals surface area contributed by atoms with Gasteiger partial charge in [0.2, 0.25) is 0 Å². The molecule has 0 spiro atoms. The van der Waals surface area contributed by atoms with E-state index in [9.17, 15) is 9.59 Å². The van der Waals surface area contributed by atoms with Gasteiger partial charge < -0.3 is 30.3 Å². The van der Waals surface area contributed by atoms with Gasteiger partial charge in [0.25, 0.3) is 11.8 Å². The second kappa shape index (κ2) is 13.0. The highest BCUT2D eigenvalue weighted by molar-refractivity contribution is 5.78. The molecule has 0 bridgehead atoms. The monoisotopic (exact) mass is 414 g/mol. The van der Waals surface area contributed by atoms with Crippen LogP contribution in [0.2, 0.25) is 0 Å². The molecule has 4 N–H and O–H groups in total. The van der Waals surface area contributed by atoms with Crippen molar-refractivity contribution in [3.63, 3.8) is 0 Å². The average molecular weight is 414 g/mol. The molecule has 0 aromatic heterocycles. The fourth-order valence-corrected chi connectivity index (χ4v) is 2.33. The smallest absolute Gasteiger partial charge is 0.258 e. The van der Waals surface area contributed by atoms with E-state index in [0.717, 1.165) is 11.1 Å². The quantitative estimate of drug-likeness (QED) is 0.382. The minimum absolute atomic E-state index is 0.104. The first kappa shape index (κ1) is 22.9. The van der Waals surface area contributed by atoms with Gasteiger partial charge in [-0.1, -0.05) is 36.4 Å². The third-order valence-electron chi connectivity index (χ3n) is 3.84. The maximum atomic E-state index is 11.4. The zero-order valence-corrected chi connectivity index (χ0v) is 16.5. The van der Waals surface area contributed by atoms with Crippen LogP contribution in [-0.2, 0) is 9.59 Å². The second-order valence-electron chi connectivity index (χ2n) is 6.20. The Kier molecular flexibility index (Phi) is 9.91. The summed E-state index contributed by atoms with van der Waals surface area (Å²) in [6.07, 6.45) is 3.88. The highest BCUT2D eigenvalue weighted by Gasteiger charge is 2.02. The van der Waals surface area contributed by atoms with Crippen molar-refractivity contribution in [1.82, 2.24) is 10.6 Å². The summed E-state index contributed by atoms with van der Waals surface area (Å²) >= 11 is 0. The number of rotatable bonds is 12. The molecular weight excluding hydrogens is 388 g/mol. The van der Waals surface area contributed by atoms with Crippen molar-refractivity contribution in [1.29, 1.82) is 0 Å². The highest BCUT2D eigenvalue weighted by Crippen LogP contribution is 2.16. The average Bonchev–Trinajstić information content (AvgIpc) is 2.78. The third kappa shape index (κ3) is 8.76. The van der Waals surface area contributed by atoms with Gasteiger partial charge in [-0.15, -0.1) is 0 Å². The molecule has 2 aromatic carbocycles. The molecule has 2 rings (SSSR count). The van der Waals surface area contributed by atoms with Gasteiger partial charge in [0.15, 0.2) is 13.2 Å². The molecule has 0 fully saturated rings. The standard InChI is InChI=1S/C22H26N2O6/c25-13-11-23-21(27)15-29-19-7-3-17(4-8-19)1-2-18-5-9-20(10-6-18)30-16-22(28)24-12-14-26/h1-10,25-26H,11-16H2,(H,23,27)(H,24,28)/b2-1+. The first-order chi connectivity index (χ1) is 14.6. The second-order valence-corrected chi connectivity index (χ2v) is 6.20. The zero-order chi connectivity index (χ0) is 21.6. The van der Waals surface area contributed by atoms with Crippen LogP contribution in [0.3, 0.4) is 0 Å². The fraction of sp³-hybridized carbons (Fsp3) is 0.273. The molecule has 0 aliphatic carbocycles. The van der Waals surface area contributed by atoms with Crippen molar-refractivity contribution >= 4 is 24.0 Å². The van der Waals surface area contributed by atoms with Gasteiger partial charge in [0, 0.05) is 13.1 Å². The van der Waals surface area contributed by atoms with Gasteiger partial charge in [-0.3, -0.25) is 9.59 Å². The highest BCUT2D eigenvalue weighted by atomic mass is 16.5. The zero-order valence-electron chi connectivity index (χ0n) is 16.5. The van der Waals surface area contributed by atoms with E-state index in [0.29, 0.717) is 11.5 Å². The number of aliphatic hydroxyl groups excluding tert-OH is 2. The molecule has 0 saturated heterocycles. The largest absolute Gasteiger partial charge is 0.484 e. The molecule has 8 nitrogen and oxygen atoms in total. The summed E-state index contributed by atoms with van der Waals surface area (Å²) in [7, 11) is 0. The van der Waals surface area contributed by atoms with Crippen LogP contribution < -0.4 is 20.1 Å². The van der Waals surface area contributed by atoms with Crippen molar-refractivity contribution in [2.24, 2.45) is 0 Å². The summed E-state index contributed by atoms with van der Waals surface area (Å²) in [5.41, 5.74) is 1.93. The molecule has 160 valence electrons. The van der Waals surface area contributed by atoms with Crippen LogP contribution in [0.1, 0.15) is 11.1 Å². The van der Waals surface area contributed by atoms with E-state index in [-0.39, 0.29) is 51.3 Å². The molecule has 0 heterocycles. The molecule has 0 atom stereocenters. The number of carbonyl (C=O) groups excluding carboxylic acids is 2. The molecular formula is C22H26N2O6. The van der Waals surface area contributed by atoms with Gasteiger partial charge in [-0.2, -0.15) is 0 Å². The van der Waals surface area contributed by atoms with E-state index in [4.69, 9.17) is 19.7 Å². The lowest BCUT2D eigenvalue weighted by molar-refractivity contribution is -0.124. The summed E-state index contributed by atoms with van der Waals surface area (Å²) in [4.78, 5) is 22.9. The van der Waals surface area contributed by atoms with Crippen LogP contribution in [0, 0.1) is 0 Å². The van der Waals surface area contributed by atoms with Gasteiger partial charge in [-0.25, -0.2) is 0 Å². The minimum atomic E-state index is -0.286. The lowest BCUT2D eigenvalue weighted by Gasteiger charge is -2.07. The predicted octanol–water partition coefficient (Wildman–Crippen LogP) is 0.832. The summed E-state index contributed by atoms with van der Waals surface area (Å²) < 4.78 is 10.8. The van der Waals surface area contributed by atoms with Gasteiger partial charge in [0.05, 0.1) is 13.2 Å². The van der Waals surface area contributed by atoms with Crippen molar-refractivity contribution in [3.05, 3.63) is 59.7 Å². The number of carbonyl (C=O) groups is 2. The normalized spacial score (nSPS) is 10.6. The van der Waals surface area contributed by atoms with Crippen LogP contribution in [0.4, 0.5) is 0 Å². The van der Waals surface area contributed by atoms with E-state index >= 15 is 0 Å². The molecule has 8 heteroatoms. The Hall–Kier alpha value is -3.36. The Morgan fingerprint density at radius 3 is 1.40 bits per heavy atom. The molecule has 0 radical (unpaired) electrons. The number of benzene rings is 2. The van der Waals surface area contributed by atoms with E-state index in [1.54, 1.807) is 24.3 Å². The van der Waals surface area contributed by atoms with Crippen molar-refractivity contribution in [2.75, 3.05) is 39.5 Å². The lowest BCUT2D eigenvalue weighted by Crippen LogP contribution is -2.31. The van der Waals surface area contributed by atoms with E-state index in [1.807, 2.05) is 36.4 Å². The summed E-state index contributed by atoms with van der Waals surface area (Å²) in [5, 5.41) is 22.3. The summed E-state index contributed by atoms with van der Waals surface area (Å²) in [5.74, 6) is 0.587. The number of ether oxygens (including phenoxy) is 2. The van der Waals surface area contributed by atoms with E-state index in [2.05, 4.69) is 10.6 Å². The van der Waals surface area contributed by atoms with Crippen LogP contribution in [0.25, 0.3) is 12.2 Å². The fourth-order valence-electron chi connectivity index (χ4n) is 2.33. The summed E-state index contributed by atoms with van der Waals surface area (Å²) in [6.45, 7) is -0.00636. The first-order valence-corrected chi connectivity index (χ1v) is 9.49. The third-order valence-corrected chi connectivity index (χ3v) is 3.84. The molecule has 0 aliphatic rings. The Bertz CT molecular complexity index is 749. The maximum Gasteiger partial charge on any atom is 0.258 e. The number of hydrogen-bond acceptors (Lipinski definition) is 6. The summed E-state index contributed by atoms with van der Waals surface area (Å²) in [6, 6.07) is 14.6. The van der Waals surface area contributed by atoms with Gasteiger partial charge in [0.1, 0.15) is 11.5 Å². The first-order valence-electron chi connectivity index (χ1n) is 9.49. The Labute approximate surface area is 175 Å². The van der Waals surface area contributed by atoms with Crippen molar-refractivity contribution in [2.45, 2.75) is 0 Å². The van der Waals surface area contributed by atoms with Crippen molar-refractivity contribution in [3.8, 4) is 11.5 Å². The number of nitrogens with one attached hydrogen (secondary N) is 2. The van der Waals surface area contributed by atoms with Gasteiger partial charge in [-0.05, 0) is 35.4 Å². The van der Waals surface area contributed by atoms with Gasteiger partial charge >= 0.3 is 0 Å². The number of aliphatic hydroxyl groups is 2. The predicted molar refractivity (Wildman–Crippen MR) is 113 cm³/mol. The van der Waals surface area contributed by atoms with E-state index < -0.39 is 0 Å². The van der Waals surface area contributed by atoms with Crippen LogP contribution in [0.5, 0.6) is 11.5 Å². The molecule has 0 aliphatic heterocycles. The molecule has 2 aromatic rings. The lowest BCUT2D eigenvalue weighted by atomic mass is 10.1. The Morgan fingerprint density at radius 2 is 1.07 bits per heavy atom. The number of amides is 2. The maximum absolute atomic E-state index is 11.4. The van der Waals surface area contributed by atoms with Crippen LogP contribution >= 0.6 is 0 Å². The van der Waals surface area contributed by atoms with E-state index in [1.165, 1.54) is 0 Å². The Morgan fingerprint density at radius 1 is 0.700 bits per heavy atom. The molecule has 0 saturated carbocycles.